The molecule has 0 aromatic heterocycles. The third-order valence-corrected chi connectivity index (χ3v) is 5.79. The molecule has 3 rings (SSSR count). The number of hydrogen-bond donors (Lipinski definition) is 3. The van der Waals surface area contributed by atoms with Crippen LogP contribution in [0.25, 0.3) is 0 Å². The second-order valence-electron chi connectivity index (χ2n) is 5.81. The number of rotatable bonds is 5. The summed E-state index contributed by atoms with van der Waals surface area (Å²) in [6.45, 7) is 0. The number of amides is 1. The Hall–Kier alpha value is -2.74. The molecule has 0 heterocycles. The molecule has 0 unspecified atom stereocenters. The van der Waals surface area contributed by atoms with E-state index in [0.717, 1.165) is 0 Å². The minimum absolute atomic E-state index is 0.121. The normalized spacial score (nSPS) is 11.1. The zero-order valence-electron chi connectivity index (χ0n) is 14.3. The average Bonchev–Trinajstić information content (AvgIpc) is 2.66. The van der Waals surface area contributed by atoms with Crippen LogP contribution in [-0.2, 0) is 10.0 Å². The molecule has 0 aliphatic heterocycles. The third kappa shape index (κ3) is 4.56. The van der Waals surface area contributed by atoms with Gasteiger partial charge in [0.05, 0.1) is 20.6 Å². The van der Waals surface area contributed by atoms with E-state index < -0.39 is 15.9 Å². The van der Waals surface area contributed by atoms with Gasteiger partial charge in [0.2, 0.25) is 0 Å². The van der Waals surface area contributed by atoms with Crippen molar-refractivity contribution >= 4 is 56.2 Å². The van der Waals surface area contributed by atoms with E-state index in [0.29, 0.717) is 5.69 Å². The molecular formula is C19H15Cl2N3O3S. The molecule has 0 aliphatic carbocycles. The van der Waals surface area contributed by atoms with E-state index in [1.54, 1.807) is 36.4 Å². The van der Waals surface area contributed by atoms with E-state index in [1.165, 1.54) is 30.3 Å². The van der Waals surface area contributed by atoms with Crippen molar-refractivity contribution < 1.29 is 13.2 Å². The average molecular weight is 436 g/mol. The van der Waals surface area contributed by atoms with Crippen LogP contribution in [0.15, 0.2) is 71.6 Å². The lowest BCUT2D eigenvalue weighted by atomic mass is 10.2. The van der Waals surface area contributed by atoms with E-state index in [9.17, 15) is 13.2 Å². The number of nitrogens with one attached hydrogen (secondary N) is 2. The topological polar surface area (TPSA) is 101 Å². The van der Waals surface area contributed by atoms with Gasteiger partial charge in [0.15, 0.2) is 0 Å². The van der Waals surface area contributed by atoms with Crippen molar-refractivity contribution in [1.82, 2.24) is 0 Å². The number of anilines is 3. The van der Waals surface area contributed by atoms with Crippen LogP contribution in [0.2, 0.25) is 10.0 Å². The van der Waals surface area contributed by atoms with Gasteiger partial charge in [-0.3, -0.25) is 9.52 Å². The van der Waals surface area contributed by atoms with Gasteiger partial charge in [0, 0.05) is 16.9 Å². The SMILES string of the molecule is Nc1c(Cl)cc(NC(=O)c2cccc(NS(=O)(=O)c3ccccc3)c2)cc1Cl. The summed E-state index contributed by atoms with van der Waals surface area (Å²) in [5.74, 6) is -0.460. The van der Waals surface area contributed by atoms with Crippen LogP contribution in [0.1, 0.15) is 10.4 Å². The van der Waals surface area contributed by atoms with Crippen molar-refractivity contribution in [3.8, 4) is 0 Å². The smallest absolute Gasteiger partial charge is 0.261 e. The van der Waals surface area contributed by atoms with Crippen LogP contribution in [0, 0.1) is 0 Å². The highest BCUT2D eigenvalue weighted by molar-refractivity contribution is 7.92. The first-order valence-electron chi connectivity index (χ1n) is 8.00. The Balaban J connectivity index is 1.80. The zero-order chi connectivity index (χ0) is 20.3. The first-order chi connectivity index (χ1) is 13.3. The van der Waals surface area contributed by atoms with Crippen molar-refractivity contribution in [1.29, 1.82) is 0 Å². The maximum atomic E-state index is 12.5. The van der Waals surface area contributed by atoms with Crippen LogP contribution >= 0.6 is 23.2 Å². The molecule has 0 saturated heterocycles. The molecule has 9 heteroatoms. The van der Waals surface area contributed by atoms with E-state index in [-0.39, 0.29) is 31.9 Å². The molecule has 0 spiro atoms. The Labute approximate surface area is 172 Å². The van der Waals surface area contributed by atoms with Crippen LogP contribution in [0.4, 0.5) is 17.1 Å². The lowest BCUT2D eigenvalue weighted by molar-refractivity contribution is 0.102. The molecule has 1 amide bonds. The first kappa shape index (κ1) is 20.0. The highest BCUT2D eigenvalue weighted by atomic mass is 35.5. The maximum Gasteiger partial charge on any atom is 0.261 e. The molecule has 6 nitrogen and oxygen atoms in total. The molecule has 0 bridgehead atoms. The van der Waals surface area contributed by atoms with Crippen LogP contribution in [0.3, 0.4) is 0 Å². The summed E-state index contributed by atoms with van der Waals surface area (Å²) >= 11 is 11.9. The highest BCUT2D eigenvalue weighted by Gasteiger charge is 2.15. The van der Waals surface area contributed by atoms with Crippen molar-refractivity contribution in [2.24, 2.45) is 0 Å². The standard InChI is InChI=1S/C19H15Cl2N3O3S/c20-16-10-14(11-17(21)18(16)22)23-19(25)12-5-4-6-13(9-12)24-28(26,27)15-7-2-1-3-8-15/h1-11,24H,22H2,(H,23,25). The number of sulfonamides is 1. The highest BCUT2D eigenvalue weighted by Crippen LogP contribution is 2.31. The lowest BCUT2D eigenvalue weighted by Crippen LogP contribution is -2.15. The van der Waals surface area contributed by atoms with Crippen LogP contribution in [-0.4, -0.2) is 14.3 Å². The van der Waals surface area contributed by atoms with Crippen molar-refractivity contribution in [2.75, 3.05) is 15.8 Å². The van der Waals surface area contributed by atoms with E-state index in [2.05, 4.69) is 10.0 Å². The van der Waals surface area contributed by atoms with Crippen molar-refractivity contribution in [3.05, 3.63) is 82.3 Å². The quantitative estimate of drug-likeness (QED) is 0.508. The number of nitrogen functional groups attached to an aromatic ring is 1. The maximum absolute atomic E-state index is 12.5. The summed E-state index contributed by atoms with van der Waals surface area (Å²) in [6, 6.07) is 17.0. The van der Waals surface area contributed by atoms with Gasteiger partial charge >= 0.3 is 0 Å². The summed E-state index contributed by atoms with van der Waals surface area (Å²) in [4.78, 5) is 12.6. The Morgan fingerprint density at radius 1 is 0.857 bits per heavy atom. The molecule has 3 aromatic carbocycles. The lowest BCUT2D eigenvalue weighted by Gasteiger charge is -2.11. The van der Waals surface area contributed by atoms with E-state index in [1.807, 2.05) is 0 Å². The van der Waals surface area contributed by atoms with Gasteiger partial charge < -0.3 is 11.1 Å². The summed E-state index contributed by atoms with van der Waals surface area (Å²) in [6.07, 6.45) is 0. The summed E-state index contributed by atoms with van der Waals surface area (Å²) < 4.78 is 27.3. The molecule has 0 aliphatic rings. The Bertz CT molecular complexity index is 1110. The predicted octanol–water partition coefficient (Wildman–Crippen LogP) is 4.63. The Morgan fingerprint density at radius 2 is 1.50 bits per heavy atom. The van der Waals surface area contributed by atoms with Gasteiger partial charge in [-0.1, -0.05) is 47.5 Å². The Kier molecular flexibility index (Phi) is 5.79. The minimum Gasteiger partial charge on any atom is -0.396 e. The Morgan fingerprint density at radius 3 is 2.14 bits per heavy atom. The van der Waals surface area contributed by atoms with Crippen molar-refractivity contribution in [3.63, 3.8) is 0 Å². The summed E-state index contributed by atoms with van der Waals surface area (Å²) in [5.41, 5.74) is 6.77. The summed E-state index contributed by atoms with van der Waals surface area (Å²) in [7, 11) is -3.76. The molecule has 3 aromatic rings. The zero-order valence-corrected chi connectivity index (χ0v) is 16.6. The third-order valence-electron chi connectivity index (χ3n) is 3.77. The second kappa shape index (κ2) is 8.10. The monoisotopic (exact) mass is 435 g/mol. The molecule has 4 N–H and O–H groups in total. The molecule has 0 saturated carbocycles. The molecule has 28 heavy (non-hydrogen) atoms. The van der Waals surface area contributed by atoms with Crippen molar-refractivity contribution in [2.45, 2.75) is 4.90 Å². The van der Waals surface area contributed by atoms with Gasteiger partial charge in [-0.05, 0) is 42.5 Å². The number of halogens is 2. The minimum atomic E-state index is -3.76. The van der Waals surface area contributed by atoms with E-state index in [4.69, 9.17) is 28.9 Å². The van der Waals surface area contributed by atoms with Gasteiger partial charge in [0.1, 0.15) is 0 Å². The van der Waals surface area contributed by atoms with Gasteiger partial charge in [-0.15, -0.1) is 0 Å². The second-order valence-corrected chi connectivity index (χ2v) is 8.30. The van der Waals surface area contributed by atoms with Gasteiger partial charge in [-0.2, -0.15) is 0 Å². The number of nitrogens with two attached hydrogens (primary N) is 1. The molecule has 0 radical (unpaired) electrons. The molecule has 0 fully saturated rings. The fourth-order valence-corrected chi connectivity index (χ4v) is 3.95. The van der Waals surface area contributed by atoms with E-state index >= 15 is 0 Å². The molecule has 144 valence electrons. The van der Waals surface area contributed by atoms with Gasteiger partial charge in [-0.25, -0.2) is 8.42 Å². The fourth-order valence-electron chi connectivity index (χ4n) is 2.40. The van der Waals surface area contributed by atoms with Gasteiger partial charge in [0.25, 0.3) is 15.9 Å². The number of benzene rings is 3. The number of carbonyl (C=O) groups is 1. The number of carbonyl (C=O) groups excluding carboxylic acids is 1. The predicted molar refractivity (Wildman–Crippen MR) is 113 cm³/mol. The molecule has 0 atom stereocenters. The van der Waals surface area contributed by atoms with Crippen LogP contribution in [0.5, 0.6) is 0 Å². The first-order valence-corrected chi connectivity index (χ1v) is 10.2. The summed E-state index contributed by atoms with van der Waals surface area (Å²) in [5, 5.41) is 3.08. The molecular weight excluding hydrogens is 421 g/mol. The number of hydrogen-bond acceptors (Lipinski definition) is 4. The van der Waals surface area contributed by atoms with Crippen LogP contribution < -0.4 is 15.8 Å². The largest absolute Gasteiger partial charge is 0.396 e. The fraction of sp³-hybridized carbons (Fsp3) is 0.